The van der Waals surface area contributed by atoms with Gasteiger partial charge >= 0.3 is 5.97 Å². The molecule has 0 saturated carbocycles. The van der Waals surface area contributed by atoms with E-state index in [1.807, 2.05) is 61.6 Å². The highest BCUT2D eigenvalue weighted by molar-refractivity contribution is 6.37. The Balaban J connectivity index is 1.69. The van der Waals surface area contributed by atoms with E-state index in [0.29, 0.717) is 41.1 Å². The van der Waals surface area contributed by atoms with Gasteiger partial charge in [-0.15, -0.1) is 0 Å². The smallest absolute Gasteiger partial charge is 0.338 e. The van der Waals surface area contributed by atoms with E-state index in [1.165, 1.54) is 0 Å². The first-order valence-electron chi connectivity index (χ1n) is 12.1. The lowest BCUT2D eigenvalue weighted by Crippen LogP contribution is -2.28. The van der Waals surface area contributed by atoms with E-state index in [2.05, 4.69) is 16.0 Å². The molecule has 0 radical (unpaired) electrons. The van der Waals surface area contributed by atoms with E-state index in [1.54, 1.807) is 37.1 Å². The van der Waals surface area contributed by atoms with E-state index in [-0.39, 0.29) is 18.4 Å². The molecule has 1 heterocycles. The molecule has 3 N–H and O–H groups in total. The van der Waals surface area contributed by atoms with Crippen molar-refractivity contribution >= 4 is 46.1 Å². The summed E-state index contributed by atoms with van der Waals surface area (Å²) in [7, 11) is 3.57. The number of anilines is 3. The molecular formula is C29H30N4O4. The Morgan fingerprint density at radius 2 is 1.70 bits per heavy atom. The zero-order valence-electron chi connectivity index (χ0n) is 21.1. The number of carbonyl (C=O) groups is 3. The summed E-state index contributed by atoms with van der Waals surface area (Å²) in [6.07, 6.45) is 0.406. The molecule has 0 unspecified atom stereocenters. The molecule has 8 heteroatoms. The third-order valence-electron chi connectivity index (χ3n) is 6.07. The number of carbonyl (C=O) groups excluding carboxylic acids is 3. The lowest BCUT2D eigenvalue weighted by Gasteiger charge is -2.19. The van der Waals surface area contributed by atoms with Gasteiger partial charge in [-0.05, 0) is 55.9 Å². The van der Waals surface area contributed by atoms with Crippen molar-refractivity contribution in [1.29, 1.82) is 0 Å². The number of fused-ring (bicyclic) bond motifs is 1. The number of rotatable bonds is 9. The van der Waals surface area contributed by atoms with Crippen molar-refractivity contribution in [1.82, 2.24) is 5.32 Å². The van der Waals surface area contributed by atoms with Gasteiger partial charge in [-0.2, -0.15) is 0 Å². The van der Waals surface area contributed by atoms with Crippen LogP contribution in [0.4, 0.5) is 17.1 Å². The summed E-state index contributed by atoms with van der Waals surface area (Å²) in [6.45, 7) is 2.63. The third kappa shape index (κ3) is 5.70. The molecule has 0 aliphatic carbocycles. The van der Waals surface area contributed by atoms with Crippen LogP contribution in [0.25, 0.3) is 11.3 Å². The van der Waals surface area contributed by atoms with Crippen LogP contribution < -0.4 is 20.9 Å². The minimum Gasteiger partial charge on any atom is -0.462 e. The summed E-state index contributed by atoms with van der Waals surface area (Å²) in [5.41, 5.74) is 5.09. The van der Waals surface area contributed by atoms with Crippen molar-refractivity contribution in [2.24, 2.45) is 0 Å². The van der Waals surface area contributed by atoms with E-state index in [4.69, 9.17) is 4.74 Å². The van der Waals surface area contributed by atoms with Crippen LogP contribution in [0.5, 0.6) is 0 Å². The Bertz CT molecular complexity index is 1330. The van der Waals surface area contributed by atoms with Crippen LogP contribution in [0, 0.1) is 0 Å². The van der Waals surface area contributed by atoms with Crippen LogP contribution in [0.1, 0.15) is 34.8 Å². The SMILES string of the molecule is CCOC(=O)c1ccc2c(c1)NC(=O)/C2=C(\Nc1ccc(N(C)C(=O)CCNC)cc1)c1ccccc1. The second-order valence-electron chi connectivity index (χ2n) is 8.53. The fraction of sp³-hybridized carbons (Fsp3) is 0.207. The molecular weight excluding hydrogens is 468 g/mol. The van der Waals surface area contributed by atoms with Crippen molar-refractivity contribution in [3.05, 3.63) is 89.5 Å². The van der Waals surface area contributed by atoms with Gasteiger partial charge in [0.2, 0.25) is 5.91 Å². The minimum atomic E-state index is -0.437. The highest BCUT2D eigenvalue weighted by Gasteiger charge is 2.29. The monoisotopic (exact) mass is 498 g/mol. The summed E-state index contributed by atoms with van der Waals surface area (Å²) < 4.78 is 5.09. The standard InChI is InChI=1S/C29H30N4O4/c1-4-37-29(36)20-10-15-23-24(18-20)32-28(35)26(23)27(19-8-6-5-7-9-19)31-21-11-13-22(14-12-21)33(3)25(34)16-17-30-2/h5-15,18,30-31H,4,16-17H2,1-3H3,(H,32,35)/b27-26-. The van der Waals surface area contributed by atoms with Crippen molar-refractivity contribution in [3.63, 3.8) is 0 Å². The van der Waals surface area contributed by atoms with E-state index >= 15 is 0 Å². The number of nitrogens with one attached hydrogen (secondary N) is 3. The van der Waals surface area contributed by atoms with Gasteiger partial charge < -0.3 is 25.6 Å². The summed E-state index contributed by atoms with van der Waals surface area (Å²) >= 11 is 0. The zero-order valence-corrected chi connectivity index (χ0v) is 21.1. The Morgan fingerprint density at radius 1 is 0.973 bits per heavy atom. The maximum absolute atomic E-state index is 13.2. The molecule has 190 valence electrons. The van der Waals surface area contributed by atoms with Crippen molar-refractivity contribution in [2.75, 3.05) is 42.8 Å². The molecule has 0 fully saturated rings. The van der Waals surface area contributed by atoms with Gasteiger partial charge in [0.05, 0.1) is 29.1 Å². The summed E-state index contributed by atoms with van der Waals surface area (Å²) in [4.78, 5) is 39.4. The van der Waals surface area contributed by atoms with Crippen LogP contribution in [0.2, 0.25) is 0 Å². The van der Waals surface area contributed by atoms with Crippen LogP contribution in [0.3, 0.4) is 0 Å². The van der Waals surface area contributed by atoms with Crippen molar-refractivity contribution in [3.8, 4) is 0 Å². The molecule has 3 aromatic rings. The van der Waals surface area contributed by atoms with Gasteiger partial charge in [-0.25, -0.2) is 4.79 Å². The van der Waals surface area contributed by atoms with Crippen LogP contribution in [-0.4, -0.2) is 45.0 Å². The fourth-order valence-corrected chi connectivity index (χ4v) is 4.10. The van der Waals surface area contributed by atoms with Gasteiger partial charge in [0, 0.05) is 37.0 Å². The average Bonchev–Trinajstić information content (AvgIpc) is 3.25. The Kier molecular flexibility index (Phi) is 8.00. The molecule has 0 saturated heterocycles. The molecule has 3 aromatic carbocycles. The highest BCUT2D eigenvalue weighted by Crippen LogP contribution is 2.38. The predicted molar refractivity (Wildman–Crippen MR) is 146 cm³/mol. The summed E-state index contributed by atoms with van der Waals surface area (Å²) in [5, 5.41) is 9.27. The van der Waals surface area contributed by atoms with Crippen LogP contribution in [-0.2, 0) is 14.3 Å². The number of amides is 2. The number of esters is 1. The number of benzene rings is 3. The number of hydrogen-bond acceptors (Lipinski definition) is 6. The topological polar surface area (TPSA) is 99.8 Å². The molecule has 1 aliphatic rings. The maximum atomic E-state index is 13.2. The van der Waals surface area contributed by atoms with E-state index in [9.17, 15) is 14.4 Å². The van der Waals surface area contributed by atoms with Gasteiger partial charge in [-0.1, -0.05) is 36.4 Å². The largest absolute Gasteiger partial charge is 0.462 e. The number of ether oxygens (including phenoxy) is 1. The van der Waals surface area contributed by atoms with Gasteiger partial charge in [0.1, 0.15) is 0 Å². The first-order chi connectivity index (χ1) is 17.9. The Labute approximate surface area is 216 Å². The van der Waals surface area contributed by atoms with Crippen molar-refractivity contribution in [2.45, 2.75) is 13.3 Å². The second kappa shape index (κ2) is 11.5. The molecule has 0 bridgehead atoms. The van der Waals surface area contributed by atoms with E-state index in [0.717, 1.165) is 16.9 Å². The van der Waals surface area contributed by atoms with Crippen molar-refractivity contribution < 1.29 is 19.1 Å². The van der Waals surface area contributed by atoms with Crippen LogP contribution in [0.15, 0.2) is 72.8 Å². The molecule has 4 rings (SSSR count). The zero-order chi connectivity index (χ0) is 26.4. The Morgan fingerprint density at radius 3 is 2.38 bits per heavy atom. The number of nitrogens with zero attached hydrogens (tertiary/aromatic N) is 1. The second-order valence-corrected chi connectivity index (χ2v) is 8.53. The molecule has 0 spiro atoms. The average molecular weight is 499 g/mol. The first-order valence-corrected chi connectivity index (χ1v) is 12.1. The number of hydrogen-bond donors (Lipinski definition) is 3. The van der Waals surface area contributed by atoms with E-state index < -0.39 is 5.97 Å². The molecule has 37 heavy (non-hydrogen) atoms. The molecule has 0 aromatic heterocycles. The quantitative estimate of drug-likeness (QED) is 0.299. The molecule has 0 atom stereocenters. The lowest BCUT2D eigenvalue weighted by molar-refractivity contribution is -0.118. The summed E-state index contributed by atoms with van der Waals surface area (Å²) in [6, 6.07) is 22.1. The molecule has 1 aliphatic heterocycles. The summed E-state index contributed by atoms with van der Waals surface area (Å²) in [5.74, 6) is -0.690. The third-order valence-corrected chi connectivity index (χ3v) is 6.07. The van der Waals surface area contributed by atoms with Gasteiger partial charge in [0.15, 0.2) is 0 Å². The maximum Gasteiger partial charge on any atom is 0.338 e. The highest BCUT2D eigenvalue weighted by atomic mass is 16.5. The lowest BCUT2D eigenvalue weighted by atomic mass is 9.99. The normalized spacial score (nSPS) is 13.4. The fourth-order valence-electron chi connectivity index (χ4n) is 4.10. The predicted octanol–water partition coefficient (Wildman–Crippen LogP) is 4.37. The first kappa shape index (κ1) is 25.7. The van der Waals surface area contributed by atoms with Crippen LogP contribution >= 0.6 is 0 Å². The van der Waals surface area contributed by atoms with Gasteiger partial charge in [-0.3, -0.25) is 9.59 Å². The molecule has 8 nitrogen and oxygen atoms in total. The van der Waals surface area contributed by atoms with Gasteiger partial charge in [0.25, 0.3) is 5.91 Å². The minimum absolute atomic E-state index is 0.0172. The molecule has 2 amide bonds. The Hall–Kier alpha value is -4.43.